The highest BCUT2D eigenvalue weighted by Crippen LogP contribution is 2.51. The molecule has 0 saturated carbocycles. The van der Waals surface area contributed by atoms with E-state index >= 15 is 0 Å². The fourth-order valence-electron chi connectivity index (χ4n) is 10.3. The Kier molecular flexibility index (Phi) is 8.87. The van der Waals surface area contributed by atoms with E-state index in [9.17, 15) is 0 Å². The largest absolute Gasteiger partial charge is 0.309 e. The van der Waals surface area contributed by atoms with Crippen LogP contribution in [0.2, 0.25) is 0 Å². The lowest BCUT2D eigenvalue weighted by molar-refractivity contribution is 0.661. The van der Waals surface area contributed by atoms with Crippen LogP contribution in [0.1, 0.15) is 41.7 Å². The molecule has 0 N–H and O–H groups in total. The normalized spacial score (nSPS) is 12.7. The summed E-state index contributed by atoms with van der Waals surface area (Å²) in [7, 11) is 0. The van der Waals surface area contributed by atoms with Gasteiger partial charge in [0.2, 0.25) is 0 Å². The average molecular weight is 797 g/mol. The molecule has 0 saturated heterocycles. The van der Waals surface area contributed by atoms with Gasteiger partial charge in [-0.15, -0.1) is 0 Å². The first-order chi connectivity index (χ1) is 30.3. The maximum Gasteiger partial charge on any atom is 0.0561 e. The van der Waals surface area contributed by atoms with E-state index in [1.807, 2.05) is 18.2 Å². The second-order valence-electron chi connectivity index (χ2n) is 17.5. The Labute approximate surface area is 364 Å². The fraction of sp³-hybridized carbons (Fsp3) is 0.100. The van der Waals surface area contributed by atoms with Gasteiger partial charge in [0.15, 0.2) is 0 Å². The van der Waals surface area contributed by atoms with Crippen LogP contribution in [0, 0.1) is 20.8 Å². The summed E-state index contributed by atoms with van der Waals surface area (Å²) in [5, 5.41) is 5.06. The van der Waals surface area contributed by atoms with Crippen LogP contribution in [0.4, 0.5) is 0 Å². The molecule has 1 aliphatic rings. The third-order valence-corrected chi connectivity index (χ3v) is 13.4. The molecule has 298 valence electrons. The molecule has 0 bridgehead atoms. The summed E-state index contributed by atoms with van der Waals surface area (Å²) < 4.78 is 5.00. The van der Waals surface area contributed by atoms with E-state index in [0.29, 0.717) is 0 Å². The zero-order valence-corrected chi connectivity index (χ0v) is 35.9. The number of benzene rings is 9. The molecule has 0 unspecified atom stereocenters. The van der Waals surface area contributed by atoms with Crippen molar-refractivity contribution < 1.29 is 0 Å². The van der Waals surface area contributed by atoms with Crippen LogP contribution in [0.3, 0.4) is 0 Å². The summed E-state index contributed by atoms with van der Waals surface area (Å²) in [6, 6.07) is 73.5. The molecule has 2 heterocycles. The molecule has 2 aromatic heterocycles. The standard InChI is InChI=1S/C53H40N2.C7H8/c1-33-16-5-6-18-36(33)52-34(2)17-15-23-42(52)41-29-28-35(54-47-25-12-8-20-38(47)39-21-9-13-26-48(39)54)30-50(41)55-49-27-14-10-22-40(49)44-31-43-37-19-7-11-24-45(37)53(3,4)46(43)32-51(44)55;1-7-5-3-2-4-6-7/h5-32H,1-4H3;2-6H,1H3. The van der Waals surface area contributed by atoms with Gasteiger partial charge in [-0.1, -0.05) is 177 Å². The van der Waals surface area contributed by atoms with E-state index in [0.717, 1.165) is 5.69 Å². The van der Waals surface area contributed by atoms with Crippen molar-refractivity contribution in [3.63, 3.8) is 0 Å². The maximum absolute atomic E-state index is 2.56. The van der Waals surface area contributed by atoms with Gasteiger partial charge in [0.05, 0.1) is 27.8 Å². The van der Waals surface area contributed by atoms with Gasteiger partial charge in [0, 0.05) is 38.2 Å². The first-order valence-electron chi connectivity index (χ1n) is 21.8. The van der Waals surface area contributed by atoms with Gasteiger partial charge in [-0.25, -0.2) is 0 Å². The summed E-state index contributed by atoms with van der Waals surface area (Å²) in [5.41, 5.74) is 21.3. The van der Waals surface area contributed by atoms with Crippen molar-refractivity contribution in [2.24, 2.45) is 0 Å². The quantitative estimate of drug-likeness (QED) is 0.168. The van der Waals surface area contributed by atoms with Gasteiger partial charge in [0.25, 0.3) is 0 Å². The minimum Gasteiger partial charge on any atom is -0.309 e. The number of nitrogens with zero attached hydrogens (tertiary/aromatic N) is 2. The fourth-order valence-corrected chi connectivity index (χ4v) is 10.3. The molecule has 0 spiro atoms. The number of hydrogen-bond acceptors (Lipinski definition) is 0. The summed E-state index contributed by atoms with van der Waals surface area (Å²) in [6.07, 6.45) is 0. The van der Waals surface area contributed by atoms with Crippen molar-refractivity contribution in [1.29, 1.82) is 0 Å². The molecular formula is C60H48N2. The van der Waals surface area contributed by atoms with E-state index in [4.69, 9.17) is 0 Å². The molecule has 0 fully saturated rings. The summed E-state index contributed by atoms with van der Waals surface area (Å²) >= 11 is 0. The van der Waals surface area contributed by atoms with Gasteiger partial charge in [-0.3, -0.25) is 0 Å². The highest BCUT2D eigenvalue weighted by atomic mass is 15.0. The molecule has 12 rings (SSSR count). The number of rotatable bonds is 4. The lowest BCUT2D eigenvalue weighted by Gasteiger charge is -2.23. The van der Waals surface area contributed by atoms with Crippen molar-refractivity contribution in [3.05, 3.63) is 228 Å². The van der Waals surface area contributed by atoms with Crippen LogP contribution in [0.15, 0.2) is 200 Å². The molecule has 0 aliphatic heterocycles. The molecule has 2 heteroatoms. The van der Waals surface area contributed by atoms with Gasteiger partial charge in [-0.2, -0.15) is 0 Å². The molecule has 0 radical (unpaired) electrons. The minimum atomic E-state index is -0.121. The summed E-state index contributed by atoms with van der Waals surface area (Å²) in [4.78, 5) is 0. The number of aryl methyl sites for hydroxylation is 3. The van der Waals surface area contributed by atoms with Crippen molar-refractivity contribution in [3.8, 4) is 44.8 Å². The maximum atomic E-state index is 2.56. The van der Waals surface area contributed by atoms with E-state index in [1.54, 1.807) is 0 Å². The second-order valence-corrected chi connectivity index (χ2v) is 17.5. The summed E-state index contributed by atoms with van der Waals surface area (Å²) in [5.74, 6) is 0. The van der Waals surface area contributed by atoms with Crippen molar-refractivity contribution in [2.45, 2.75) is 40.0 Å². The predicted molar refractivity (Wildman–Crippen MR) is 264 cm³/mol. The number of para-hydroxylation sites is 3. The highest BCUT2D eigenvalue weighted by molar-refractivity contribution is 6.13. The number of fused-ring (bicyclic) bond motifs is 9. The zero-order valence-electron chi connectivity index (χ0n) is 35.9. The smallest absolute Gasteiger partial charge is 0.0561 e. The number of hydrogen-bond donors (Lipinski definition) is 0. The molecule has 1 aliphatic carbocycles. The Hall–Kier alpha value is -7.42. The van der Waals surface area contributed by atoms with E-state index in [2.05, 4.69) is 226 Å². The minimum absolute atomic E-state index is 0.121. The Morgan fingerprint density at radius 3 is 1.55 bits per heavy atom. The lowest BCUT2D eigenvalue weighted by atomic mass is 9.82. The van der Waals surface area contributed by atoms with Gasteiger partial charge in [0.1, 0.15) is 0 Å². The molecule has 11 aromatic rings. The van der Waals surface area contributed by atoms with Crippen molar-refractivity contribution >= 4 is 43.6 Å². The number of aromatic nitrogens is 2. The van der Waals surface area contributed by atoms with Crippen LogP contribution >= 0.6 is 0 Å². The van der Waals surface area contributed by atoms with Crippen LogP contribution in [0.5, 0.6) is 0 Å². The SMILES string of the molecule is Cc1ccccc1.Cc1ccccc1-c1c(C)cccc1-c1ccc(-n2c3ccccc3c3ccccc32)cc1-n1c2ccccc2c2cc3c(cc21)C(C)(C)c1ccccc1-3. The van der Waals surface area contributed by atoms with Crippen LogP contribution in [-0.2, 0) is 5.41 Å². The van der Waals surface area contributed by atoms with E-state index < -0.39 is 0 Å². The van der Waals surface area contributed by atoms with Gasteiger partial charge >= 0.3 is 0 Å². The predicted octanol–water partition coefficient (Wildman–Crippen LogP) is 16.1. The zero-order chi connectivity index (χ0) is 42.1. The van der Waals surface area contributed by atoms with Crippen molar-refractivity contribution in [2.75, 3.05) is 0 Å². The second kappa shape index (κ2) is 14.6. The first-order valence-corrected chi connectivity index (χ1v) is 21.8. The molecule has 62 heavy (non-hydrogen) atoms. The monoisotopic (exact) mass is 796 g/mol. The molecule has 0 atom stereocenters. The Morgan fingerprint density at radius 1 is 0.339 bits per heavy atom. The molecule has 2 nitrogen and oxygen atoms in total. The van der Waals surface area contributed by atoms with Gasteiger partial charge in [-0.05, 0) is 113 Å². The highest BCUT2D eigenvalue weighted by Gasteiger charge is 2.36. The van der Waals surface area contributed by atoms with Crippen LogP contribution in [-0.4, -0.2) is 9.13 Å². The molecule has 9 aromatic carbocycles. The van der Waals surface area contributed by atoms with Gasteiger partial charge < -0.3 is 9.13 Å². The average Bonchev–Trinajstić information content (AvgIpc) is 3.89. The van der Waals surface area contributed by atoms with Crippen LogP contribution in [0.25, 0.3) is 88.4 Å². The Balaban J connectivity index is 0.000000565. The lowest BCUT2D eigenvalue weighted by Crippen LogP contribution is -2.15. The summed E-state index contributed by atoms with van der Waals surface area (Å²) in [6.45, 7) is 11.3. The topological polar surface area (TPSA) is 9.86 Å². The Bertz CT molecular complexity index is 3470. The first kappa shape index (κ1) is 37.6. The van der Waals surface area contributed by atoms with Crippen LogP contribution < -0.4 is 0 Å². The Morgan fingerprint density at radius 2 is 0.887 bits per heavy atom. The third-order valence-electron chi connectivity index (χ3n) is 13.4. The van der Waals surface area contributed by atoms with Crippen molar-refractivity contribution in [1.82, 2.24) is 9.13 Å². The molecular weight excluding hydrogens is 749 g/mol. The van der Waals surface area contributed by atoms with E-state index in [-0.39, 0.29) is 5.41 Å². The third kappa shape index (κ3) is 5.85. The van der Waals surface area contributed by atoms with E-state index in [1.165, 1.54) is 110 Å². The molecule has 0 amide bonds.